The van der Waals surface area contributed by atoms with Gasteiger partial charge in [-0.15, -0.1) is 0 Å². The van der Waals surface area contributed by atoms with Crippen molar-refractivity contribution in [1.82, 2.24) is 25.8 Å². The zero-order valence-electron chi connectivity index (χ0n) is 11.3. The summed E-state index contributed by atoms with van der Waals surface area (Å²) in [5, 5.41) is 20.6. The van der Waals surface area contributed by atoms with Crippen LogP contribution < -0.4 is 10.6 Å². The molecule has 0 saturated heterocycles. The smallest absolute Gasteiger partial charge is 0.333 e. The van der Waals surface area contributed by atoms with E-state index in [2.05, 4.69) is 25.8 Å². The number of carboxylic acid groups (broad SMARTS) is 1. The van der Waals surface area contributed by atoms with Gasteiger partial charge in [0.05, 0.1) is 6.54 Å². The first kappa shape index (κ1) is 14.5. The maximum Gasteiger partial charge on any atom is 0.333 e. The highest BCUT2D eigenvalue weighted by atomic mass is 16.4. The molecular weight excluding hydrogens is 274 g/mol. The lowest BCUT2D eigenvalue weighted by molar-refractivity contribution is -0.144. The molecule has 0 bridgehead atoms. The number of carboxylic acids is 1. The van der Waals surface area contributed by atoms with Gasteiger partial charge in [0.25, 0.3) is 0 Å². The summed E-state index contributed by atoms with van der Waals surface area (Å²) in [4.78, 5) is 27.3. The molecule has 0 aliphatic heterocycles. The average molecular weight is 289 g/mol. The SMILES string of the molecule is CC(NC(=O)NCc1ncn[nH]1)(C(=O)O)c1ccccc1. The van der Waals surface area contributed by atoms with Gasteiger partial charge >= 0.3 is 12.0 Å². The van der Waals surface area contributed by atoms with Crippen molar-refractivity contribution in [2.75, 3.05) is 0 Å². The Morgan fingerprint density at radius 1 is 1.33 bits per heavy atom. The van der Waals surface area contributed by atoms with Crippen LogP contribution in [-0.4, -0.2) is 32.3 Å². The highest BCUT2D eigenvalue weighted by molar-refractivity contribution is 5.87. The standard InChI is InChI=1S/C13H15N5O3/c1-13(11(19)20,9-5-3-2-4-6-9)17-12(21)14-7-10-15-8-16-18-10/h2-6,8H,7H2,1H3,(H,19,20)(H2,14,17,21)(H,15,16,18). The number of nitrogens with one attached hydrogen (secondary N) is 3. The lowest BCUT2D eigenvalue weighted by Gasteiger charge is -2.26. The second-order valence-corrected chi connectivity index (χ2v) is 4.54. The minimum atomic E-state index is -1.52. The van der Waals surface area contributed by atoms with Gasteiger partial charge in [0, 0.05) is 0 Å². The fourth-order valence-electron chi connectivity index (χ4n) is 1.77. The Labute approximate surface area is 120 Å². The predicted molar refractivity (Wildman–Crippen MR) is 73.2 cm³/mol. The normalized spacial score (nSPS) is 13.2. The van der Waals surface area contributed by atoms with E-state index in [-0.39, 0.29) is 6.54 Å². The van der Waals surface area contributed by atoms with E-state index in [4.69, 9.17) is 0 Å². The predicted octanol–water partition coefficient (Wildman–Crippen LogP) is 0.604. The summed E-state index contributed by atoms with van der Waals surface area (Å²) in [6, 6.07) is 7.88. The molecule has 1 unspecified atom stereocenters. The van der Waals surface area contributed by atoms with Crippen LogP contribution in [0.1, 0.15) is 18.3 Å². The van der Waals surface area contributed by atoms with E-state index in [9.17, 15) is 14.7 Å². The van der Waals surface area contributed by atoms with Crippen LogP contribution in [0.4, 0.5) is 4.79 Å². The number of aromatic amines is 1. The fraction of sp³-hybridized carbons (Fsp3) is 0.231. The number of hydrogen-bond donors (Lipinski definition) is 4. The van der Waals surface area contributed by atoms with Crippen LogP contribution in [0.15, 0.2) is 36.7 Å². The third kappa shape index (κ3) is 3.35. The summed E-state index contributed by atoms with van der Waals surface area (Å²) in [6.07, 6.45) is 1.32. The second kappa shape index (κ2) is 6.04. The number of nitrogens with zero attached hydrogens (tertiary/aromatic N) is 2. The summed E-state index contributed by atoms with van der Waals surface area (Å²) in [7, 11) is 0. The molecule has 0 spiro atoms. The van der Waals surface area contributed by atoms with E-state index >= 15 is 0 Å². The molecule has 2 rings (SSSR count). The molecule has 1 aromatic heterocycles. The van der Waals surface area contributed by atoms with Gasteiger partial charge in [-0.1, -0.05) is 30.3 Å². The lowest BCUT2D eigenvalue weighted by Crippen LogP contribution is -2.52. The van der Waals surface area contributed by atoms with E-state index in [0.29, 0.717) is 11.4 Å². The van der Waals surface area contributed by atoms with Crippen LogP contribution in [0.5, 0.6) is 0 Å². The molecule has 2 amide bonds. The van der Waals surface area contributed by atoms with Crippen molar-refractivity contribution in [2.24, 2.45) is 0 Å². The van der Waals surface area contributed by atoms with Gasteiger partial charge < -0.3 is 15.7 Å². The highest BCUT2D eigenvalue weighted by Gasteiger charge is 2.36. The van der Waals surface area contributed by atoms with Crippen LogP contribution in [-0.2, 0) is 16.9 Å². The van der Waals surface area contributed by atoms with Crippen LogP contribution in [0.2, 0.25) is 0 Å². The molecule has 1 heterocycles. The maximum absolute atomic E-state index is 11.9. The number of carbonyl (C=O) groups is 2. The van der Waals surface area contributed by atoms with Gasteiger partial charge in [0.2, 0.25) is 0 Å². The molecule has 4 N–H and O–H groups in total. The number of H-pyrrole nitrogens is 1. The minimum Gasteiger partial charge on any atom is -0.479 e. The minimum absolute atomic E-state index is 0.121. The van der Waals surface area contributed by atoms with Crippen molar-refractivity contribution >= 4 is 12.0 Å². The largest absolute Gasteiger partial charge is 0.479 e. The highest BCUT2D eigenvalue weighted by Crippen LogP contribution is 2.20. The van der Waals surface area contributed by atoms with Crippen molar-refractivity contribution in [3.05, 3.63) is 48.0 Å². The molecule has 8 nitrogen and oxygen atoms in total. The number of aromatic nitrogens is 3. The Morgan fingerprint density at radius 2 is 2.05 bits per heavy atom. The summed E-state index contributed by atoms with van der Waals surface area (Å²) >= 11 is 0. The summed E-state index contributed by atoms with van der Waals surface area (Å²) in [5.74, 6) is -0.676. The molecular formula is C13H15N5O3. The molecule has 110 valence electrons. The Bertz CT molecular complexity index is 614. The van der Waals surface area contributed by atoms with Crippen molar-refractivity contribution in [3.8, 4) is 0 Å². The first-order chi connectivity index (χ1) is 10.0. The molecule has 0 aliphatic rings. The quantitative estimate of drug-likeness (QED) is 0.642. The molecule has 0 radical (unpaired) electrons. The van der Waals surface area contributed by atoms with E-state index in [1.165, 1.54) is 13.3 Å². The summed E-state index contributed by atoms with van der Waals surface area (Å²) < 4.78 is 0. The van der Waals surface area contributed by atoms with Gasteiger partial charge in [0.1, 0.15) is 12.2 Å². The van der Waals surface area contributed by atoms with E-state index < -0.39 is 17.5 Å². The molecule has 8 heteroatoms. The first-order valence-corrected chi connectivity index (χ1v) is 6.21. The van der Waals surface area contributed by atoms with E-state index in [0.717, 1.165) is 0 Å². The van der Waals surface area contributed by atoms with Crippen LogP contribution in [0, 0.1) is 0 Å². The van der Waals surface area contributed by atoms with E-state index in [1.807, 2.05) is 0 Å². The molecule has 21 heavy (non-hydrogen) atoms. The third-order valence-corrected chi connectivity index (χ3v) is 3.02. The van der Waals surface area contributed by atoms with Gasteiger partial charge in [-0.2, -0.15) is 5.10 Å². The lowest BCUT2D eigenvalue weighted by atomic mass is 9.92. The van der Waals surface area contributed by atoms with Gasteiger partial charge in [-0.3, -0.25) is 5.10 Å². The van der Waals surface area contributed by atoms with Gasteiger partial charge in [-0.25, -0.2) is 14.6 Å². The molecule has 0 saturated carbocycles. The maximum atomic E-state index is 11.9. The van der Waals surface area contributed by atoms with Crippen LogP contribution in [0.25, 0.3) is 0 Å². The fourth-order valence-corrected chi connectivity index (χ4v) is 1.77. The number of benzene rings is 1. The van der Waals surface area contributed by atoms with E-state index in [1.54, 1.807) is 30.3 Å². The zero-order chi connectivity index (χ0) is 15.3. The number of rotatable bonds is 5. The number of carbonyl (C=O) groups excluding carboxylic acids is 1. The Morgan fingerprint density at radius 3 is 2.62 bits per heavy atom. The molecule has 0 fully saturated rings. The Balaban J connectivity index is 2.06. The third-order valence-electron chi connectivity index (χ3n) is 3.02. The van der Waals surface area contributed by atoms with Crippen LogP contribution in [0.3, 0.4) is 0 Å². The Kier molecular flexibility index (Phi) is 4.17. The molecule has 1 aromatic carbocycles. The van der Waals surface area contributed by atoms with Gasteiger partial charge in [0.15, 0.2) is 5.54 Å². The summed E-state index contributed by atoms with van der Waals surface area (Å²) in [6.45, 7) is 1.55. The zero-order valence-corrected chi connectivity index (χ0v) is 11.3. The van der Waals surface area contributed by atoms with Crippen molar-refractivity contribution in [2.45, 2.75) is 19.0 Å². The van der Waals surface area contributed by atoms with Crippen LogP contribution >= 0.6 is 0 Å². The van der Waals surface area contributed by atoms with Crippen molar-refractivity contribution in [3.63, 3.8) is 0 Å². The monoisotopic (exact) mass is 289 g/mol. The van der Waals surface area contributed by atoms with Crippen molar-refractivity contribution in [1.29, 1.82) is 0 Å². The Hall–Kier alpha value is -2.90. The topological polar surface area (TPSA) is 120 Å². The summed E-state index contributed by atoms with van der Waals surface area (Å²) in [5.41, 5.74) is -1.04. The average Bonchev–Trinajstić information content (AvgIpc) is 2.99. The first-order valence-electron chi connectivity index (χ1n) is 6.21. The number of amides is 2. The van der Waals surface area contributed by atoms with Crippen molar-refractivity contribution < 1.29 is 14.7 Å². The molecule has 2 aromatic rings. The number of aliphatic carboxylic acids is 1. The van der Waals surface area contributed by atoms with Gasteiger partial charge in [-0.05, 0) is 12.5 Å². The second-order valence-electron chi connectivity index (χ2n) is 4.54. The molecule has 1 atom stereocenters. The number of urea groups is 1. The number of hydrogen-bond acceptors (Lipinski definition) is 4. The molecule has 0 aliphatic carbocycles.